The fourth-order valence-electron chi connectivity index (χ4n) is 3.20. The van der Waals surface area contributed by atoms with E-state index in [1.54, 1.807) is 0 Å². The molecule has 0 aliphatic heterocycles. The number of esters is 4. The molecule has 0 N–H and O–H groups in total. The molecule has 0 radical (unpaired) electrons. The summed E-state index contributed by atoms with van der Waals surface area (Å²) < 4.78 is 21.2. The van der Waals surface area contributed by atoms with Crippen LogP contribution in [0, 0.1) is 11.8 Å². The first kappa shape index (κ1) is 20.9. The standard InChI is InChI=1S/C17H26O8/c1-6-13-7-14(8-22-9(2)18)16(24-11(4)20)17(25-12(5)21)15(13)23-10(3)19/h13-17H,6-8H2,1-5H3/t13?,14-,15+,16+,17-/m1/s1. The Balaban J connectivity index is 3.18. The highest BCUT2D eigenvalue weighted by atomic mass is 16.6. The number of rotatable bonds is 6. The molecule has 0 bridgehead atoms. The lowest BCUT2D eigenvalue weighted by molar-refractivity contribution is -0.208. The van der Waals surface area contributed by atoms with Crippen molar-refractivity contribution in [1.82, 2.24) is 0 Å². The molecule has 0 aromatic rings. The SMILES string of the molecule is CCC1C[C@H](COC(C)=O)[C@H](OC(C)=O)[C@H](OC(C)=O)[C@H]1OC(C)=O. The van der Waals surface area contributed by atoms with Gasteiger partial charge in [-0.15, -0.1) is 0 Å². The monoisotopic (exact) mass is 358 g/mol. The minimum atomic E-state index is -0.954. The van der Waals surface area contributed by atoms with Crippen LogP contribution in [0.15, 0.2) is 0 Å². The molecule has 5 atom stereocenters. The summed E-state index contributed by atoms with van der Waals surface area (Å²) in [6.07, 6.45) is -1.40. The molecule has 0 spiro atoms. The lowest BCUT2D eigenvalue weighted by Gasteiger charge is -2.44. The minimum Gasteiger partial charge on any atom is -0.465 e. The van der Waals surface area contributed by atoms with E-state index in [0.29, 0.717) is 12.8 Å². The van der Waals surface area contributed by atoms with Crippen molar-refractivity contribution < 1.29 is 38.1 Å². The number of carbonyl (C=O) groups excluding carboxylic acids is 4. The summed E-state index contributed by atoms with van der Waals surface area (Å²) >= 11 is 0. The van der Waals surface area contributed by atoms with Crippen molar-refractivity contribution in [2.24, 2.45) is 11.8 Å². The Morgan fingerprint density at radius 2 is 1.16 bits per heavy atom. The van der Waals surface area contributed by atoms with Gasteiger partial charge in [0.15, 0.2) is 6.10 Å². The Labute approximate surface area is 147 Å². The molecule has 0 heterocycles. The zero-order valence-corrected chi connectivity index (χ0v) is 15.3. The van der Waals surface area contributed by atoms with Gasteiger partial charge in [0.25, 0.3) is 0 Å². The Bertz CT molecular complexity index is 515. The van der Waals surface area contributed by atoms with Gasteiger partial charge in [0.1, 0.15) is 12.2 Å². The molecule has 0 aromatic heterocycles. The fourth-order valence-corrected chi connectivity index (χ4v) is 3.20. The molecule has 142 valence electrons. The molecule has 0 saturated heterocycles. The van der Waals surface area contributed by atoms with Gasteiger partial charge in [-0.2, -0.15) is 0 Å². The highest BCUT2D eigenvalue weighted by molar-refractivity contribution is 5.68. The van der Waals surface area contributed by atoms with Gasteiger partial charge in [-0.05, 0) is 12.8 Å². The molecule has 25 heavy (non-hydrogen) atoms. The second-order valence-electron chi connectivity index (χ2n) is 6.19. The van der Waals surface area contributed by atoms with Crippen LogP contribution in [0.5, 0.6) is 0 Å². The van der Waals surface area contributed by atoms with Crippen molar-refractivity contribution in [3.8, 4) is 0 Å². The average Bonchev–Trinajstić information content (AvgIpc) is 2.48. The van der Waals surface area contributed by atoms with E-state index < -0.39 is 42.2 Å². The van der Waals surface area contributed by atoms with Gasteiger partial charge in [0, 0.05) is 39.5 Å². The second-order valence-corrected chi connectivity index (χ2v) is 6.19. The van der Waals surface area contributed by atoms with Crippen LogP contribution < -0.4 is 0 Å². The number of hydrogen-bond donors (Lipinski definition) is 0. The first-order valence-electron chi connectivity index (χ1n) is 8.30. The molecule has 1 saturated carbocycles. The molecule has 1 unspecified atom stereocenters. The zero-order valence-electron chi connectivity index (χ0n) is 15.3. The maximum atomic E-state index is 11.6. The highest BCUT2D eigenvalue weighted by Gasteiger charge is 2.50. The molecule has 1 aliphatic carbocycles. The number of ether oxygens (including phenoxy) is 4. The van der Waals surface area contributed by atoms with Crippen molar-refractivity contribution in [1.29, 1.82) is 0 Å². The van der Waals surface area contributed by atoms with Crippen molar-refractivity contribution >= 4 is 23.9 Å². The van der Waals surface area contributed by atoms with Gasteiger partial charge in [-0.3, -0.25) is 19.2 Å². The zero-order chi connectivity index (χ0) is 19.1. The van der Waals surface area contributed by atoms with Crippen LogP contribution in [0.3, 0.4) is 0 Å². The third-order valence-corrected chi connectivity index (χ3v) is 4.11. The van der Waals surface area contributed by atoms with Crippen molar-refractivity contribution in [2.45, 2.75) is 65.8 Å². The normalized spacial score (nSPS) is 28.6. The lowest BCUT2D eigenvalue weighted by Crippen LogP contribution is -2.56. The summed E-state index contributed by atoms with van der Waals surface area (Å²) in [6, 6.07) is 0. The first-order chi connectivity index (χ1) is 11.6. The Kier molecular flexibility index (Phi) is 7.86. The van der Waals surface area contributed by atoms with Crippen LogP contribution >= 0.6 is 0 Å². The van der Waals surface area contributed by atoms with Crippen LogP contribution in [0.4, 0.5) is 0 Å². The topological polar surface area (TPSA) is 105 Å². The van der Waals surface area contributed by atoms with Crippen LogP contribution in [-0.4, -0.2) is 48.8 Å². The van der Waals surface area contributed by atoms with Gasteiger partial charge in [0.05, 0.1) is 6.61 Å². The molecule has 8 heteroatoms. The van der Waals surface area contributed by atoms with E-state index in [2.05, 4.69) is 0 Å². The third-order valence-electron chi connectivity index (χ3n) is 4.11. The second kappa shape index (κ2) is 9.39. The van der Waals surface area contributed by atoms with Gasteiger partial charge < -0.3 is 18.9 Å². The van der Waals surface area contributed by atoms with Crippen LogP contribution in [-0.2, 0) is 38.1 Å². The molecule has 0 aromatic carbocycles. The predicted molar refractivity (Wildman–Crippen MR) is 85.2 cm³/mol. The number of hydrogen-bond acceptors (Lipinski definition) is 8. The molecule has 1 fully saturated rings. The summed E-state index contributed by atoms with van der Waals surface area (Å²) in [7, 11) is 0. The molecular weight excluding hydrogens is 332 g/mol. The maximum Gasteiger partial charge on any atom is 0.303 e. The van der Waals surface area contributed by atoms with Crippen molar-refractivity contribution in [3.05, 3.63) is 0 Å². The van der Waals surface area contributed by atoms with Crippen LogP contribution in [0.25, 0.3) is 0 Å². The van der Waals surface area contributed by atoms with Crippen LogP contribution in [0.1, 0.15) is 47.5 Å². The summed E-state index contributed by atoms with van der Waals surface area (Å²) in [5.74, 6) is -2.61. The average molecular weight is 358 g/mol. The predicted octanol–water partition coefficient (Wildman–Crippen LogP) is 1.39. The van der Waals surface area contributed by atoms with Crippen LogP contribution in [0.2, 0.25) is 0 Å². The maximum absolute atomic E-state index is 11.6. The summed E-state index contributed by atoms with van der Waals surface area (Å²) in [5.41, 5.74) is 0. The van der Waals surface area contributed by atoms with E-state index in [4.69, 9.17) is 18.9 Å². The quantitative estimate of drug-likeness (QED) is 0.518. The summed E-state index contributed by atoms with van der Waals surface area (Å²) in [5, 5.41) is 0. The van der Waals surface area contributed by atoms with E-state index in [1.807, 2.05) is 6.92 Å². The van der Waals surface area contributed by atoms with E-state index in [-0.39, 0.29) is 18.4 Å². The number of carbonyl (C=O) groups is 4. The molecule has 1 aliphatic rings. The Morgan fingerprint density at radius 3 is 1.56 bits per heavy atom. The van der Waals surface area contributed by atoms with E-state index in [1.165, 1.54) is 27.7 Å². The fraction of sp³-hybridized carbons (Fsp3) is 0.765. The first-order valence-corrected chi connectivity index (χ1v) is 8.30. The van der Waals surface area contributed by atoms with E-state index in [9.17, 15) is 19.2 Å². The van der Waals surface area contributed by atoms with Gasteiger partial charge >= 0.3 is 23.9 Å². The summed E-state index contributed by atoms with van der Waals surface area (Å²) in [6.45, 7) is 6.96. The van der Waals surface area contributed by atoms with Gasteiger partial charge in [-0.1, -0.05) is 6.92 Å². The summed E-state index contributed by atoms with van der Waals surface area (Å²) in [4.78, 5) is 45.7. The van der Waals surface area contributed by atoms with Gasteiger partial charge in [0.2, 0.25) is 0 Å². The molecular formula is C17H26O8. The Hall–Kier alpha value is -2.12. The Morgan fingerprint density at radius 1 is 0.720 bits per heavy atom. The lowest BCUT2D eigenvalue weighted by atomic mass is 9.74. The molecule has 8 nitrogen and oxygen atoms in total. The minimum absolute atomic E-state index is 0.0222. The highest BCUT2D eigenvalue weighted by Crippen LogP contribution is 2.37. The van der Waals surface area contributed by atoms with E-state index >= 15 is 0 Å². The van der Waals surface area contributed by atoms with E-state index in [0.717, 1.165) is 0 Å². The van der Waals surface area contributed by atoms with Gasteiger partial charge in [-0.25, -0.2) is 0 Å². The molecule has 0 amide bonds. The third kappa shape index (κ3) is 6.36. The molecule has 1 rings (SSSR count). The van der Waals surface area contributed by atoms with Crippen molar-refractivity contribution in [3.63, 3.8) is 0 Å². The van der Waals surface area contributed by atoms with Crippen molar-refractivity contribution in [2.75, 3.05) is 6.61 Å². The smallest absolute Gasteiger partial charge is 0.303 e. The largest absolute Gasteiger partial charge is 0.465 e.